The van der Waals surface area contributed by atoms with Crippen LogP contribution in [0.25, 0.3) is 11.3 Å². The summed E-state index contributed by atoms with van der Waals surface area (Å²) in [5, 5.41) is 9.35. The van der Waals surface area contributed by atoms with Crippen molar-refractivity contribution in [2.24, 2.45) is 11.7 Å². The second-order valence-corrected chi connectivity index (χ2v) is 8.97. The first kappa shape index (κ1) is 26.5. The number of halogens is 5. The largest absolute Gasteiger partial charge is 0.490 e. The number of carboxylic acid groups (broad SMARTS) is 1. The number of aryl methyl sites for hydroxylation is 1. The van der Waals surface area contributed by atoms with Crippen LogP contribution in [-0.4, -0.2) is 39.8 Å². The third-order valence-electron chi connectivity index (χ3n) is 5.09. The van der Waals surface area contributed by atoms with Crippen molar-refractivity contribution in [2.75, 3.05) is 6.67 Å². The SMILES string of the molecule is NC(=O)[C@H]1C[C@@H]1c1ccc(-c2[nH]c[n+](CCF)c2Sc2ccc(Cl)cn2)cc1.O=C(O)C(F)(F)F. The van der Waals surface area contributed by atoms with Crippen molar-refractivity contribution in [3.63, 3.8) is 0 Å². The maximum atomic E-state index is 13.0. The Kier molecular flexibility index (Phi) is 8.39. The lowest BCUT2D eigenvalue weighted by Crippen LogP contribution is -2.34. The van der Waals surface area contributed by atoms with E-state index in [-0.39, 0.29) is 24.3 Å². The van der Waals surface area contributed by atoms with Gasteiger partial charge in [0.05, 0.1) is 5.02 Å². The molecule has 3 aromatic rings. The van der Waals surface area contributed by atoms with Gasteiger partial charge in [-0.15, -0.1) is 0 Å². The summed E-state index contributed by atoms with van der Waals surface area (Å²) in [5.74, 6) is -2.82. The minimum Gasteiger partial charge on any atom is -0.475 e. The number of aromatic amines is 1. The number of nitrogens with zero attached hydrogens (tertiary/aromatic N) is 2. The van der Waals surface area contributed by atoms with Gasteiger partial charge in [0.2, 0.25) is 17.3 Å². The summed E-state index contributed by atoms with van der Waals surface area (Å²) in [6.45, 7) is -0.203. The van der Waals surface area contributed by atoms with E-state index in [2.05, 4.69) is 9.97 Å². The molecule has 1 fully saturated rings. The number of hydrogen-bond acceptors (Lipinski definition) is 4. The van der Waals surface area contributed by atoms with Gasteiger partial charge in [-0.2, -0.15) is 13.2 Å². The number of imidazole rings is 1. The summed E-state index contributed by atoms with van der Waals surface area (Å²) in [5.41, 5.74) is 8.37. The van der Waals surface area contributed by atoms with Crippen molar-refractivity contribution in [2.45, 2.75) is 35.1 Å². The first-order chi connectivity index (χ1) is 16.5. The Hall–Kier alpha value is -3.12. The van der Waals surface area contributed by atoms with E-state index in [1.807, 2.05) is 34.9 Å². The number of aromatic nitrogens is 3. The van der Waals surface area contributed by atoms with Crippen LogP contribution in [0.2, 0.25) is 5.02 Å². The predicted octanol–water partition coefficient (Wildman–Crippen LogP) is 4.36. The topological polar surface area (TPSA) is 113 Å². The summed E-state index contributed by atoms with van der Waals surface area (Å²) < 4.78 is 46.6. The quantitative estimate of drug-likeness (QED) is 0.310. The van der Waals surface area contributed by atoms with Crippen LogP contribution in [0.1, 0.15) is 17.9 Å². The second-order valence-electron chi connectivity index (χ2n) is 7.53. The molecular formula is C22H20ClF4N4O3S+. The maximum absolute atomic E-state index is 13.0. The van der Waals surface area contributed by atoms with Crippen LogP contribution in [-0.2, 0) is 16.1 Å². The number of carboxylic acids is 1. The second kappa shape index (κ2) is 11.1. The zero-order chi connectivity index (χ0) is 25.8. The summed E-state index contributed by atoms with van der Waals surface area (Å²) in [7, 11) is 0. The van der Waals surface area contributed by atoms with Crippen molar-refractivity contribution in [3.05, 3.63) is 59.5 Å². The fraction of sp³-hybridized carbons (Fsp3) is 0.273. The molecule has 7 nitrogen and oxygen atoms in total. The van der Waals surface area contributed by atoms with Crippen molar-refractivity contribution in [3.8, 4) is 11.3 Å². The molecule has 2 heterocycles. The molecular weight excluding hydrogens is 512 g/mol. The molecule has 0 aliphatic heterocycles. The Morgan fingerprint density at radius 1 is 1.23 bits per heavy atom. The van der Waals surface area contributed by atoms with Crippen molar-refractivity contribution in [1.29, 1.82) is 0 Å². The summed E-state index contributed by atoms with van der Waals surface area (Å²) in [6, 6.07) is 11.7. The fourth-order valence-electron chi connectivity index (χ4n) is 3.28. The molecule has 13 heteroatoms. The van der Waals surface area contributed by atoms with Crippen LogP contribution in [0.15, 0.2) is 59.0 Å². The number of carbonyl (C=O) groups excluding carboxylic acids is 1. The van der Waals surface area contributed by atoms with E-state index in [1.54, 1.807) is 18.6 Å². The number of pyridine rings is 1. The Balaban J connectivity index is 0.000000429. The molecule has 2 atom stereocenters. The molecule has 1 saturated carbocycles. The number of hydrogen-bond donors (Lipinski definition) is 3. The zero-order valence-electron chi connectivity index (χ0n) is 17.9. The van der Waals surface area contributed by atoms with Crippen LogP contribution in [0.5, 0.6) is 0 Å². The first-order valence-corrected chi connectivity index (χ1v) is 11.4. The van der Waals surface area contributed by atoms with Gasteiger partial charge < -0.3 is 10.8 Å². The van der Waals surface area contributed by atoms with Crippen LogP contribution < -0.4 is 10.3 Å². The van der Waals surface area contributed by atoms with E-state index in [0.29, 0.717) is 5.02 Å². The Bertz CT molecular complexity index is 1190. The van der Waals surface area contributed by atoms with Gasteiger partial charge in [0.25, 0.3) is 0 Å². The average Bonchev–Trinajstić information content (AvgIpc) is 3.52. The molecule has 4 N–H and O–H groups in total. The molecule has 0 radical (unpaired) electrons. The molecule has 1 amide bonds. The van der Waals surface area contributed by atoms with Crippen LogP contribution in [0.4, 0.5) is 17.6 Å². The molecule has 35 heavy (non-hydrogen) atoms. The number of H-pyrrole nitrogens is 1. The molecule has 1 aliphatic rings. The number of alkyl halides is 4. The van der Waals surface area contributed by atoms with Gasteiger partial charge in [-0.1, -0.05) is 35.9 Å². The molecule has 0 spiro atoms. The highest BCUT2D eigenvalue weighted by atomic mass is 35.5. The van der Waals surface area contributed by atoms with E-state index in [1.165, 1.54) is 11.8 Å². The van der Waals surface area contributed by atoms with Gasteiger partial charge in [-0.3, -0.25) is 4.79 Å². The number of aliphatic carboxylic acids is 1. The van der Waals surface area contributed by atoms with Crippen LogP contribution >= 0.6 is 23.4 Å². The molecule has 1 aliphatic carbocycles. The lowest BCUT2D eigenvalue weighted by atomic mass is 10.1. The predicted molar refractivity (Wildman–Crippen MR) is 120 cm³/mol. The summed E-state index contributed by atoms with van der Waals surface area (Å²) in [6.07, 6.45) is -0.905. The molecule has 0 saturated heterocycles. The van der Waals surface area contributed by atoms with E-state index in [4.69, 9.17) is 27.2 Å². The number of rotatable bonds is 7. The van der Waals surface area contributed by atoms with E-state index in [9.17, 15) is 22.4 Å². The highest BCUT2D eigenvalue weighted by molar-refractivity contribution is 7.99. The number of nitrogens with two attached hydrogens (primary N) is 1. The minimum atomic E-state index is -5.08. The lowest BCUT2D eigenvalue weighted by Gasteiger charge is -2.04. The molecule has 0 bridgehead atoms. The molecule has 4 rings (SSSR count). The fourth-order valence-corrected chi connectivity index (χ4v) is 4.37. The van der Waals surface area contributed by atoms with Crippen LogP contribution in [0, 0.1) is 5.92 Å². The number of carbonyl (C=O) groups is 2. The Labute approximate surface area is 206 Å². The number of amides is 1. The normalized spacial score (nSPS) is 16.8. The number of primary amides is 1. The Morgan fingerprint density at radius 3 is 2.37 bits per heavy atom. The highest BCUT2D eigenvalue weighted by Crippen LogP contribution is 2.47. The molecule has 2 aromatic heterocycles. The minimum absolute atomic E-state index is 0.0508. The maximum Gasteiger partial charge on any atom is 0.490 e. The van der Waals surface area contributed by atoms with E-state index < -0.39 is 18.8 Å². The lowest BCUT2D eigenvalue weighted by molar-refractivity contribution is -0.729. The van der Waals surface area contributed by atoms with Gasteiger partial charge in [-0.05, 0) is 41.8 Å². The first-order valence-electron chi connectivity index (χ1n) is 10.2. The van der Waals surface area contributed by atoms with Crippen molar-refractivity contribution >= 4 is 35.2 Å². The third kappa shape index (κ3) is 6.95. The van der Waals surface area contributed by atoms with Crippen molar-refractivity contribution < 1.29 is 36.8 Å². The summed E-state index contributed by atoms with van der Waals surface area (Å²) >= 11 is 7.37. The summed E-state index contributed by atoms with van der Waals surface area (Å²) in [4.78, 5) is 27.8. The molecule has 186 valence electrons. The zero-order valence-corrected chi connectivity index (χ0v) is 19.5. The van der Waals surface area contributed by atoms with Gasteiger partial charge in [0.1, 0.15) is 18.2 Å². The monoisotopic (exact) mass is 531 g/mol. The Morgan fingerprint density at radius 2 is 1.89 bits per heavy atom. The highest BCUT2D eigenvalue weighted by Gasteiger charge is 2.42. The van der Waals surface area contributed by atoms with Gasteiger partial charge in [-0.25, -0.2) is 23.7 Å². The number of benzene rings is 1. The van der Waals surface area contributed by atoms with Gasteiger partial charge in [0, 0.05) is 17.7 Å². The van der Waals surface area contributed by atoms with E-state index in [0.717, 1.165) is 33.3 Å². The van der Waals surface area contributed by atoms with Gasteiger partial charge in [0.15, 0.2) is 5.69 Å². The van der Waals surface area contributed by atoms with Crippen molar-refractivity contribution in [1.82, 2.24) is 9.97 Å². The standard InChI is InChI=1S/C20H18ClFN4OS.C2HF3O2/c21-14-5-6-17(24-10-14)28-20-18(25-11-26(20)8-7-22)13-3-1-12(2-4-13)15-9-16(15)19(23)27;3-2(4,5)1(6)7/h1-6,10-11,15-16H,7-9H2,(H2,23,27);(H,6,7)/p+1/t15-,16+;/m1./s1. The smallest absolute Gasteiger partial charge is 0.475 e. The molecule has 1 aromatic carbocycles. The average molecular weight is 532 g/mol. The van der Waals surface area contributed by atoms with E-state index >= 15 is 0 Å². The number of nitrogens with one attached hydrogen (secondary N) is 1. The molecule has 0 unspecified atom stereocenters. The third-order valence-corrected chi connectivity index (χ3v) is 6.40. The van der Waals surface area contributed by atoms with Crippen LogP contribution in [0.3, 0.4) is 0 Å². The van der Waals surface area contributed by atoms with Gasteiger partial charge >= 0.3 is 12.1 Å².